The topological polar surface area (TPSA) is 88.4 Å². The molecular weight excluding hydrogens is 468 g/mol. The first-order valence-corrected chi connectivity index (χ1v) is 11.8. The van der Waals surface area contributed by atoms with E-state index < -0.39 is 12.0 Å². The van der Waals surface area contributed by atoms with E-state index in [1.807, 2.05) is 30.3 Å². The highest BCUT2D eigenvalue weighted by atomic mass is 32.1. The normalized spacial score (nSPS) is 15.3. The van der Waals surface area contributed by atoms with Crippen molar-refractivity contribution in [1.82, 2.24) is 4.57 Å². The monoisotopic (exact) mass is 494 g/mol. The number of ether oxygens (including phenoxy) is 4. The van der Waals surface area contributed by atoms with Gasteiger partial charge in [0.1, 0.15) is 5.75 Å². The molecule has 0 amide bonds. The van der Waals surface area contributed by atoms with Crippen LogP contribution in [0.1, 0.15) is 31.0 Å². The van der Waals surface area contributed by atoms with Gasteiger partial charge in [-0.1, -0.05) is 29.5 Å². The molecule has 0 aliphatic carbocycles. The molecule has 0 fully saturated rings. The van der Waals surface area contributed by atoms with Crippen molar-refractivity contribution in [1.29, 1.82) is 0 Å². The fourth-order valence-corrected chi connectivity index (χ4v) is 5.06. The van der Waals surface area contributed by atoms with Gasteiger partial charge in [0, 0.05) is 0 Å². The van der Waals surface area contributed by atoms with Crippen molar-refractivity contribution in [3.63, 3.8) is 0 Å². The van der Waals surface area contributed by atoms with Crippen LogP contribution in [0.5, 0.6) is 17.2 Å². The van der Waals surface area contributed by atoms with E-state index in [2.05, 4.69) is 4.99 Å². The molecule has 0 spiro atoms. The first-order valence-electron chi connectivity index (χ1n) is 11.0. The number of carbonyl (C=O) groups excluding carboxylic acids is 1. The summed E-state index contributed by atoms with van der Waals surface area (Å²) in [6.07, 6.45) is 1.79. The van der Waals surface area contributed by atoms with Crippen molar-refractivity contribution >= 4 is 23.4 Å². The lowest BCUT2D eigenvalue weighted by molar-refractivity contribution is -0.139. The molecule has 0 radical (unpaired) electrons. The summed E-state index contributed by atoms with van der Waals surface area (Å²) in [5.74, 6) is 1.20. The van der Waals surface area contributed by atoms with Crippen LogP contribution in [-0.4, -0.2) is 38.5 Å². The number of aromatic nitrogens is 1. The molecule has 182 valence electrons. The molecule has 0 saturated carbocycles. The summed E-state index contributed by atoms with van der Waals surface area (Å²) in [6, 6.07) is 12.0. The molecule has 1 atom stereocenters. The number of carbonyl (C=O) groups is 1. The molecule has 1 aromatic heterocycles. The maximum atomic E-state index is 13.7. The van der Waals surface area contributed by atoms with Crippen molar-refractivity contribution in [3.05, 3.63) is 84.5 Å². The first kappa shape index (κ1) is 24.3. The second-order valence-electron chi connectivity index (χ2n) is 7.69. The highest BCUT2D eigenvalue weighted by Gasteiger charge is 2.33. The van der Waals surface area contributed by atoms with Crippen LogP contribution in [0.2, 0.25) is 0 Å². The molecule has 4 rings (SSSR count). The van der Waals surface area contributed by atoms with Crippen molar-refractivity contribution < 1.29 is 23.7 Å². The van der Waals surface area contributed by atoms with Crippen LogP contribution in [0.4, 0.5) is 0 Å². The molecule has 0 bridgehead atoms. The molecule has 2 aromatic carbocycles. The first-order chi connectivity index (χ1) is 16.9. The average Bonchev–Trinajstić information content (AvgIpc) is 3.17. The van der Waals surface area contributed by atoms with Crippen molar-refractivity contribution in [3.8, 4) is 17.2 Å². The van der Waals surface area contributed by atoms with Gasteiger partial charge < -0.3 is 18.9 Å². The van der Waals surface area contributed by atoms with Gasteiger partial charge in [0.25, 0.3) is 5.56 Å². The summed E-state index contributed by atoms with van der Waals surface area (Å²) >= 11 is 1.26. The Kier molecular flexibility index (Phi) is 7.07. The Balaban J connectivity index is 1.96. The van der Waals surface area contributed by atoms with Crippen LogP contribution < -0.4 is 29.1 Å². The molecule has 1 aliphatic heterocycles. The summed E-state index contributed by atoms with van der Waals surface area (Å²) in [4.78, 5) is 31.8. The fraction of sp³-hybridized carbons (Fsp3) is 0.269. The van der Waals surface area contributed by atoms with Crippen LogP contribution in [0.25, 0.3) is 6.08 Å². The van der Waals surface area contributed by atoms with E-state index in [4.69, 9.17) is 18.9 Å². The zero-order valence-corrected chi connectivity index (χ0v) is 21.0. The zero-order valence-electron chi connectivity index (χ0n) is 20.2. The van der Waals surface area contributed by atoms with Crippen LogP contribution >= 0.6 is 11.3 Å². The molecule has 0 N–H and O–H groups in total. The van der Waals surface area contributed by atoms with Crippen molar-refractivity contribution in [2.24, 2.45) is 4.99 Å². The van der Waals surface area contributed by atoms with Crippen LogP contribution in [0.15, 0.2) is 63.5 Å². The number of hydrogen-bond acceptors (Lipinski definition) is 8. The molecule has 8 nitrogen and oxygen atoms in total. The summed E-state index contributed by atoms with van der Waals surface area (Å²) < 4.78 is 23.5. The van der Waals surface area contributed by atoms with Gasteiger partial charge >= 0.3 is 5.97 Å². The summed E-state index contributed by atoms with van der Waals surface area (Å²) in [5, 5.41) is 0. The van der Waals surface area contributed by atoms with Gasteiger partial charge in [-0.2, -0.15) is 0 Å². The van der Waals surface area contributed by atoms with E-state index in [0.29, 0.717) is 43.4 Å². The number of fused-ring (bicyclic) bond motifs is 1. The summed E-state index contributed by atoms with van der Waals surface area (Å²) in [7, 11) is 4.68. The van der Waals surface area contributed by atoms with Crippen LogP contribution in [0.3, 0.4) is 0 Å². The third-order valence-corrected chi connectivity index (χ3v) is 6.61. The molecule has 3 aromatic rings. The van der Waals surface area contributed by atoms with E-state index in [0.717, 1.165) is 5.56 Å². The molecule has 1 unspecified atom stereocenters. The number of thiazole rings is 1. The highest BCUT2D eigenvalue weighted by molar-refractivity contribution is 7.07. The Morgan fingerprint density at radius 2 is 1.86 bits per heavy atom. The fourth-order valence-electron chi connectivity index (χ4n) is 4.01. The number of esters is 1. The third kappa shape index (κ3) is 4.59. The molecule has 2 heterocycles. The lowest BCUT2D eigenvalue weighted by atomic mass is 9.95. The van der Waals surface area contributed by atoms with Crippen molar-refractivity contribution in [2.75, 3.05) is 27.9 Å². The Hall–Kier alpha value is -3.85. The second kappa shape index (κ2) is 10.2. The van der Waals surface area contributed by atoms with Gasteiger partial charge in [-0.3, -0.25) is 9.36 Å². The largest absolute Gasteiger partial charge is 0.497 e. The minimum atomic E-state index is -0.738. The van der Waals surface area contributed by atoms with E-state index in [1.54, 1.807) is 46.3 Å². The number of methoxy groups -OCH3 is 3. The SMILES string of the molecule is CCOC(=O)C1=C(C)N=c2s/c(=C\c3cccc(OC)c3)c(=O)n2C1c1ccc(OC)c(OC)c1. The number of nitrogens with zero attached hydrogens (tertiary/aromatic N) is 2. The second-order valence-corrected chi connectivity index (χ2v) is 8.70. The maximum absolute atomic E-state index is 13.7. The lowest BCUT2D eigenvalue weighted by Crippen LogP contribution is -2.39. The number of benzene rings is 2. The predicted molar refractivity (Wildman–Crippen MR) is 133 cm³/mol. The Morgan fingerprint density at radius 3 is 2.54 bits per heavy atom. The van der Waals surface area contributed by atoms with E-state index in [1.165, 1.54) is 23.0 Å². The van der Waals surface area contributed by atoms with Gasteiger partial charge in [-0.15, -0.1) is 0 Å². The Labute approximate surface area is 206 Å². The average molecular weight is 495 g/mol. The Morgan fingerprint density at radius 1 is 1.09 bits per heavy atom. The van der Waals surface area contributed by atoms with E-state index >= 15 is 0 Å². The number of hydrogen-bond donors (Lipinski definition) is 0. The number of rotatable bonds is 7. The zero-order chi connectivity index (χ0) is 25.1. The van der Waals surface area contributed by atoms with Crippen LogP contribution in [-0.2, 0) is 9.53 Å². The quantitative estimate of drug-likeness (QED) is 0.470. The third-order valence-electron chi connectivity index (χ3n) is 5.63. The van der Waals surface area contributed by atoms with Gasteiger partial charge in [-0.25, -0.2) is 9.79 Å². The molecule has 9 heteroatoms. The Bertz CT molecular complexity index is 1480. The summed E-state index contributed by atoms with van der Waals surface area (Å²) in [6.45, 7) is 3.69. The minimum Gasteiger partial charge on any atom is -0.497 e. The lowest BCUT2D eigenvalue weighted by Gasteiger charge is -2.25. The van der Waals surface area contributed by atoms with Gasteiger partial charge in [0.15, 0.2) is 16.3 Å². The molecule has 0 saturated heterocycles. The molecule has 1 aliphatic rings. The van der Waals surface area contributed by atoms with E-state index in [9.17, 15) is 9.59 Å². The smallest absolute Gasteiger partial charge is 0.338 e. The number of allylic oxidation sites excluding steroid dienone is 1. The predicted octanol–water partition coefficient (Wildman–Crippen LogP) is 2.82. The minimum absolute atomic E-state index is 0.203. The van der Waals surface area contributed by atoms with Crippen LogP contribution in [0, 0.1) is 0 Å². The maximum Gasteiger partial charge on any atom is 0.338 e. The van der Waals surface area contributed by atoms with Gasteiger partial charge in [0.2, 0.25) is 0 Å². The van der Waals surface area contributed by atoms with Crippen molar-refractivity contribution in [2.45, 2.75) is 19.9 Å². The standard InChI is InChI=1S/C26H26N2O6S/c1-6-34-25(30)22-15(2)27-26-28(23(22)17-10-11-19(32-4)20(14-17)33-5)24(29)21(35-26)13-16-8-7-9-18(12-16)31-3/h7-14,23H,6H2,1-5H3/b21-13-. The van der Waals surface area contributed by atoms with Gasteiger partial charge in [-0.05, 0) is 55.3 Å². The summed E-state index contributed by atoms with van der Waals surface area (Å²) in [5.41, 5.74) is 2.04. The van der Waals surface area contributed by atoms with E-state index in [-0.39, 0.29) is 12.2 Å². The molecular formula is C26H26N2O6S. The van der Waals surface area contributed by atoms with Gasteiger partial charge in [0.05, 0.1) is 49.8 Å². The molecule has 35 heavy (non-hydrogen) atoms. The highest BCUT2D eigenvalue weighted by Crippen LogP contribution is 2.36.